The largest absolute Gasteiger partial charge is 0.388 e. The molecule has 4 atom stereocenters. The van der Waals surface area contributed by atoms with Gasteiger partial charge in [-0.2, -0.15) is 0 Å². The molecule has 126 valence electrons. The van der Waals surface area contributed by atoms with Gasteiger partial charge in [0.1, 0.15) is 12.2 Å². The van der Waals surface area contributed by atoms with E-state index in [-0.39, 0.29) is 0 Å². The van der Waals surface area contributed by atoms with Gasteiger partial charge in [-0.1, -0.05) is 30.1 Å². The number of benzene rings is 1. The standard InChI is InChI=1S/C15H19Cl2N3O3/c1-3-4-18-15-19-10-5-8(16)9(17)6-11(10)20(15)14-13(22)12(21)7(2)23-14/h5-7,12-14,21-22H,3-4H2,1-2H3,(H,18,19)/t7-,12+,13+,14+/m1/s1. The van der Waals surface area contributed by atoms with Crippen LogP contribution in [0.5, 0.6) is 0 Å². The van der Waals surface area contributed by atoms with E-state index in [0.29, 0.717) is 33.6 Å². The van der Waals surface area contributed by atoms with Crippen molar-refractivity contribution in [1.29, 1.82) is 0 Å². The molecule has 23 heavy (non-hydrogen) atoms. The van der Waals surface area contributed by atoms with Gasteiger partial charge in [0, 0.05) is 6.54 Å². The molecule has 1 aliphatic heterocycles. The van der Waals surface area contributed by atoms with Crippen LogP contribution in [-0.2, 0) is 4.74 Å². The van der Waals surface area contributed by atoms with Gasteiger partial charge in [-0.15, -0.1) is 0 Å². The molecule has 1 aromatic heterocycles. The lowest BCUT2D eigenvalue weighted by Gasteiger charge is -2.20. The van der Waals surface area contributed by atoms with Crippen LogP contribution in [0.1, 0.15) is 26.5 Å². The maximum atomic E-state index is 10.3. The first kappa shape index (κ1) is 16.8. The smallest absolute Gasteiger partial charge is 0.206 e. The van der Waals surface area contributed by atoms with Gasteiger partial charge in [0.05, 0.1) is 27.2 Å². The molecule has 0 saturated carbocycles. The van der Waals surface area contributed by atoms with Crippen molar-refractivity contribution in [2.24, 2.45) is 0 Å². The Hall–Kier alpha value is -1.05. The summed E-state index contributed by atoms with van der Waals surface area (Å²) in [5.74, 6) is 0.547. The maximum absolute atomic E-state index is 10.3. The summed E-state index contributed by atoms with van der Waals surface area (Å²) in [5, 5.41) is 24.3. The molecule has 1 aromatic carbocycles. The number of aliphatic hydroxyl groups is 2. The maximum Gasteiger partial charge on any atom is 0.206 e. The monoisotopic (exact) mass is 359 g/mol. The van der Waals surface area contributed by atoms with Crippen LogP contribution in [-0.4, -0.2) is 44.6 Å². The summed E-state index contributed by atoms with van der Waals surface area (Å²) in [6, 6.07) is 3.36. The predicted molar refractivity (Wildman–Crippen MR) is 90.1 cm³/mol. The van der Waals surface area contributed by atoms with E-state index in [9.17, 15) is 10.2 Å². The zero-order valence-electron chi connectivity index (χ0n) is 12.8. The quantitative estimate of drug-likeness (QED) is 0.782. The summed E-state index contributed by atoms with van der Waals surface area (Å²) in [5.41, 5.74) is 1.33. The molecule has 3 rings (SSSR count). The molecule has 2 heterocycles. The first-order chi connectivity index (χ1) is 10.9. The lowest BCUT2D eigenvalue weighted by molar-refractivity contribution is -0.0284. The summed E-state index contributed by atoms with van der Waals surface area (Å²) in [6.07, 6.45) is -2.33. The van der Waals surface area contributed by atoms with E-state index < -0.39 is 24.5 Å². The number of aromatic nitrogens is 2. The third kappa shape index (κ3) is 2.90. The van der Waals surface area contributed by atoms with Crippen molar-refractivity contribution in [3.05, 3.63) is 22.2 Å². The van der Waals surface area contributed by atoms with E-state index in [1.165, 1.54) is 0 Å². The molecule has 8 heteroatoms. The molecule has 3 N–H and O–H groups in total. The first-order valence-corrected chi connectivity index (χ1v) is 8.32. The number of aliphatic hydroxyl groups excluding tert-OH is 2. The minimum Gasteiger partial charge on any atom is -0.388 e. The van der Waals surface area contributed by atoms with Crippen molar-refractivity contribution in [2.45, 2.75) is 44.8 Å². The number of imidazole rings is 1. The molecule has 2 aromatic rings. The van der Waals surface area contributed by atoms with E-state index in [2.05, 4.69) is 10.3 Å². The normalized spacial score (nSPS) is 27.7. The second-order valence-corrected chi connectivity index (χ2v) is 6.51. The topological polar surface area (TPSA) is 79.5 Å². The van der Waals surface area contributed by atoms with Gasteiger partial charge < -0.3 is 20.3 Å². The minimum atomic E-state index is -1.06. The van der Waals surface area contributed by atoms with Gasteiger partial charge >= 0.3 is 0 Å². The summed E-state index contributed by atoms with van der Waals surface area (Å²) < 4.78 is 7.46. The van der Waals surface area contributed by atoms with Gasteiger partial charge in [-0.25, -0.2) is 4.98 Å². The highest BCUT2D eigenvalue weighted by Gasteiger charge is 2.42. The number of nitrogens with zero attached hydrogens (tertiary/aromatic N) is 2. The fraction of sp³-hybridized carbons (Fsp3) is 0.533. The Morgan fingerprint density at radius 2 is 1.96 bits per heavy atom. The summed E-state index contributed by atoms with van der Waals surface area (Å²) in [7, 11) is 0. The van der Waals surface area contributed by atoms with Crippen molar-refractivity contribution in [1.82, 2.24) is 9.55 Å². The molecule has 0 radical (unpaired) electrons. The fourth-order valence-electron chi connectivity index (χ4n) is 2.75. The number of ether oxygens (including phenoxy) is 1. The molecule has 0 spiro atoms. The van der Waals surface area contributed by atoms with Crippen LogP contribution in [0.4, 0.5) is 5.95 Å². The Labute approximate surface area is 144 Å². The Bertz CT molecular complexity index is 722. The van der Waals surface area contributed by atoms with Gasteiger partial charge in [0.2, 0.25) is 5.95 Å². The summed E-state index contributed by atoms with van der Waals surface area (Å²) in [4.78, 5) is 4.52. The molecule has 0 unspecified atom stereocenters. The molecule has 0 aliphatic carbocycles. The zero-order chi connectivity index (χ0) is 16.7. The Kier molecular flexibility index (Phi) is 4.71. The summed E-state index contributed by atoms with van der Waals surface area (Å²) >= 11 is 12.2. The van der Waals surface area contributed by atoms with Gasteiger partial charge in [0.15, 0.2) is 6.23 Å². The Balaban J connectivity index is 2.14. The molecule has 1 aliphatic rings. The number of rotatable bonds is 4. The Morgan fingerprint density at radius 3 is 2.57 bits per heavy atom. The van der Waals surface area contributed by atoms with Gasteiger partial charge in [0.25, 0.3) is 0 Å². The number of fused-ring (bicyclic) bond motifs is 1. The lowest BCUT2D eigenvalue weighted by atomic mass is 10.1. The molecule has 0 bridgehead atoms. The third-order valence-electron chi connectivity index (χ3n) is 4.00. The molecular formula is C15H19Cl2N3O3. The van der Waals surface area contributed by atoms with E-state index in [1.807, 2.05) is 6.92 Å². The highest BCUT2D eigenvalue weighted by Crippen LogP contribution is 2.37. The molecule has 1 fully saturated rings. The van der Waals surface area contributed by atoms with E-state index in [1.54, 1.807) is 23.6 Å². The number of hydrogen-bond acceptors (Lipinski definition) is 5. The molecule has 1 saturated heterocycles. The highest BCUT2D eigenvalue weighted by atomic mass is 35.5. The van der Waals surface area contributed by atoms with Crippen LogP contribution in [0.15, 0.2) is 12.1 Å². The molecule has 0 amide bonds. The van der Waals surface area contributed by atoms with Crippen LogP contribution >= 0.6 is 23.2 Å². The third-order valence-corrected chi connectivity index (χ3v) is 4.72. The van der Waals surface area contributed by atoms with Crippen LogP contribution in [0.3, 0.4) is 0 Å². The molecule has 6 nitrogen and oxygen atoms in total. The number of halogens is 2. The first-order valence-electron chi connectivity index (χ1n) is 7.56. The lowest BCUT2D eigenvalue weighted by Crippen LogP contribution is -2.30. The van der Waals surface area contributed by atoms with Crippen LogP contribution < -0.4 is 5.32 Å². The zero-order valence-corrected chi connectivity index (χ0v) is 14.3. The second-order valence-electron chi connectivity index (χ2n) is 5.70. The fourth-order valence-corrected chi connectivity index (χ4v) is 3.07. The van der Waals surface area contributed by atoms with Crippen molar-refractivity contribution < 1.29 is 14.9 Å². The number of anilines is 1. The van der Waals surface area contributed by atoms with Crippen LogP contribution in [0.2, 0.25) is 10.0 Å². The van der Waals surface area contributed by atoms with Crippen molar-refractivity contribution in [2.75, 3.05) is 11.9 Å². The van der Waals surface area contributed by atoms with E-state index >= 15 is 0 Å². The second kappa shape index (κ2) is 6.45. The molecular weight excluding hydrogens is 341 g/mol. The van der Waals surface area contributed by atoms with Gasteiger partial charge in [-0.05, 0) is 25.5 Å². The number of nitrogens with one attached hydrogen (secondary N) is 1. The predicted octanol–water partition coefficient (Wildman–Crippen LogP) is 2.80. The van der Waals surface area contributed by atoms with E-state index in [0.717, 1.165) is 6.42 Å². The Morgan fingerprint density at radius 1 is 1.26 bits per heavy atom. The van der Waals surface area contributed by atoms with Crippen molar-refractivity contribution >= 4 is 40.2 Å². The average molecular weight is 360 g/mol. The average Bonchev–Trinajstić information content (AvgIpc) is 2.97. The van der Waals surface area contributed by atoms with Crippen LogP contribution in [0.25, 0.3) is 11.0 Å². The van der Waals surface area contributed by atoms with Crippen molar-refractivity contribution in [3.8, 4) is 0 Å². The summed E-state index contributed by atoms with van der Waals surface area (Å²) in [6.45, 7) is 4.47. The van der Waals surface area contributed by atoms with E-state index in [4.69, 9.17) is 27.9 Å². The minimum absolute atomic E-state index is 0.392. The SMILES string of the molecule is CCCNc1nc2cc(Cl)c(Cl)cc2n1[C@H]1O[C@H](C)[C@H](O)[C@@H]1O. The number of hydrogen-bond donors (Lipinski definition) is 3. The van der Waals surface area contributed by atoms with Crippen molar-refractivity contribution in [3.63, 3.8) is 0 Å². The van der Waals surface area contributed by atoms with Gasteiger partial charge in [-0.3, -0.25) is 4.57 Å². The highest BCUT2D eigenvalue weighted by molar-refractivity contribution is 6.42. The van der Waals surface area contributed by atoms with Crippen LogP contribution in [0, 0.1) is 0 Å².